The Morgan fingerprint density at radius 2 is 1.89 bits per heavy atom. The van der Waals surface area contributed by atoms with E-state index in [0.29, 0.717) is 11.3 Å². The summed E-state index contributed by atoms with van der Waals surface area (Å²) in [4.78, 5) is 17.2. The average molecular weight is 402 g/mol. The van der Waals surface area contributed by atoms with Gasteiger partial charge in [0.1, 0.15) is 6.33 Å². The lowest BCUT2D eigenvalue weighted by Crippen LogP contribution is -2.25. The largest absolute Gasteiger partial charge is 0.322 e. The Morgan fingerprint density at radius 1 is 1.18 bits per heavy atom. The maximum atomic E-state index is 12.5. The van der Waals surface area contributed by atoms with Crippen molar-refractivity contribution in [1.29, 1.82) is 0 Å². The van der Waals surface area contributed by atoms with E-state index >= 15 is 0 Å². The van der Waals surface area contributed by atoms with E-state index in [1.807, 2.05) is 6.92 Å². The minimum Gasteiger partial charge on any atom is -0.322 e. The number of carbonyl (C=O) groups is 1. The third-order valence-corrected chi connectivity index (χ3v) is 5.75. The van der Waals surface area contributed by atoms with Crippen molar-refractivity contribution >= 4 is 21.6 Å². The van der Waals surface area contributed by atoms with Gasteiger partial charge in [0.25, 0.3) is 15.9 Å². The summed E-state index contributed by atoms with van der Waals surface area (Å²) in [6.07, 6.45) is 1.48. The van der Waals surface area contributed by atoms with Crippen molar-refractivity contribution in [1.82, 2.24) is 24.7 Å². The Kier molecular flexibility index (Phi) is 5.49. The van der Waals surface area contributed by atoms with Crippen LogP contribution in [0.2, 0.25) is 0 Å². The normalized spacial score (nSPS) is 11.6. The highest BCUT2D eigenvalue weighted by Crippen LogP contribution is 2.19. The minimum atomic E-state index is -3.76. The van der Waals surface area contributed by atoms with Crippen LogP contribution in [0.15, 0.2) is 53.7 Å². The van der Waals surface area contributed by atoms with Crippen LogP contribution in [-0.4, -0.2) is 53.2 Å². The van der Waals surface area contributed by atoms with E-state index in [4.69, 9.17) is 4.84 Å². The lowest BCUT2D eigenvalue weighted by Gasteiger charge is -2.14. The number of amides is 1. The summed E-state index contributed by atoms with van der Waals surface area (Å²) in [6, 6.07) is 10.9. The Balaban J connectivity index is 1.76. The lowest BCUT2D eigenvalue weighted by molar-refractivity contribution is -0.0258. The average Bonchev–Trinajstić information content (AvgIpc) is 3.22. The zero-order valence-corrected chi connectivity index (χ0v) is 16.2. The fourth-order valence-corrected chi connectivity index (χ4v) is 3.46. The van der Waals surface area contributed by atoms with E-state index in [-0.39, 0.29) is 10.8 Å². The van der Waals surface area contributed by atoms with E-state index in [2.05, 4.69) is 20.8 Å². The highest BCUT2D eigenvalue weighted by molar-refractivity contribution is 7.89. The summed E-state index contributed by atoms with van der Waals surface area (Å²) < 4.78 is 26.6. The monoisotopic (exact) mass is 402 g/mol. The quantitative estimate of drug-likeness (QED) is 0.619. The van der Waals surface area contributed by atoms with Crippen molar-refractivity contribution in [2.45, 2.75) is 11.8 Å². The topological polar surface area (TPSA) is 119 Å². The number of hydrogen-bond acceptors (Lipinski definition) is 7. The van der Waals surface area contributed by atoms with E-state index in [0.717, 1.165) is 15.7 Å². The number of anilines is 1. The van der Waals surface area contributed by atoms with Gasteiger partial charge in [-0.2, -0.15) is 0 Å². The number of nitrogens with one attached hydrogen (secondary N) is 1. The highest BCUT2D eigenvalue weighted by atomic mass is 32.2. The van der Waals surface area contributed by atoms with Gasteiger partial charge in [0.2, 0.25) is 0 Å². The number of hydrogen-bond donors (Lipinski definition) is 1. The Hall–Kier alpha value is -3.15. The number of sulfonamides is 1. The zero-order valence-electron chi connectivity index (χ0n) is 15.4. The number of carbonyl (C=O) groups excluding carboxylic acids is 1. The number of benzene rings is 2. The second-order valence-corrected chi connectivity index (χ2v) is 7.77. The molecule has 10 nitrogen and oxygen atoms in total. The van der Waals surface area contributed by atoms with Gasteiger partial charge in [-0.3, -0.25) is 9.63 Å². The third kappa shape index (κ3) is 3.91. The first kappa shape index (κ1) is 19.6. The Labute approximate surface area is 161 Å². The van der Waals surface area contributed by atoms with Gasteiger partial charge < -0.3 is 5.32 Å². The van der Waals surface area contributed by atoms with Crippen LogP contribution >= 0.6 is 0 Å². The summed E-state index contributed by atoms with van der Waals surface area (Å²) in [6.45, 7) is 1.87. The molecule has 0 radical (unpaired) electrons. The van der Waals surface area contributed by atoms with Crippen LogP contribution in [0.5, 0.6) is 0 Å². The first-order valence-corrected chi connectivity index (χ1v) is 9.55. The number of aromatic nitrogens is 4. The fraction of sp³-hybridized carbons (Fsp3) is 0.176. The van der Waals surface area contributed by atoms with Crippen LogP contribution in [0.25, 0.3) is 5.69 Å². The van der Waals surface area contributed by atoms with Crippen LogP contribution in [0, 0.1) is 6.92 Å². The molecule has 0 aliphatic heterocycles. The van der Waals surface area contributed by atoms with Gasteiger partial charge in [0.05, 0.1) is 17.7 Å². The molecule has 11 heteroatoms. The number of rotatable bonds is 6. The predicted molar refractivity (Wildman–Crippen MR) is 100 cm³/mol. The molecule has 0 atom stereocenters. The first-order valence-electron chi connectivity index (χ1n) is 8.11. The molecular formula is C17H18N6O4S. The minimum absolute atomic E-state index is 0.0232. The van der Waals surface area contributed by atoms with Gasteiger partial charge in [-0.25, -0.2) is 13.1 Å². The summed E-state index contributed by atoms with van der Waals surface area (Å²) in [5, 5.41) is 13.8. The molecule has 0 aliphatic rings. The van der Waals surface area contributed by atoms with Crippen molar-refractivity contribution in [3.63, 3.8) is 0 Å². The van der Waals surface area contributed by atoms with E-state index < -0.39 is 10.0 Å². The smallest absolute Gasteiger partial charge is 0.264 e. The van der Waals surface area contributed by atoms with Crippen LogP contribution in [0.1, 0.15) is 15.9 Å². The van der Waals surface area contributed by atoms with Gasteiger partial charge >= 0.3 is 0 Å². The number of tetrazole rings is 1. The zero-order chi connectivity index (χ0) is 20.3. The molecule has 0 fully saturated rings. The highest BCUT2D eigenvalue weighted by Gasteiger charge is 2.21. The molecule has 0 unspecified atom stereocenters. The van der Waals surface area contributed by atoms with Crippen LogP contribution in [0.3, 0.4) is 0 Å². The summed E-state index contributed by atoms with van der Waals surface area (Å²) in [7, 11) is -1.22. The SMILES string of the molecule is CON(C)S(=O)(=O)c1ccc(C(=O)Nc2ccc(-n3cnnn3)c(C)c2)cc1. The van der Waals surface area contributed by atoms with Gasteiger partial charge in [0.15, 0.2) is 0 Å². The number of aryl methyl sites for hydroxylation is 1. The molecule has 2 aromatic carbocycles. The second-order valence-electron chi connectivity index (χ2n) is 5.83. The van der Waals surface area contributed by atoms with E-state index in [1.165, 1.54) is 49.4 Å². The summed E-state index contributed by atoms with van der Waals surface area (Å²) in [5.41, 5.74) is 2.57. The van der Waals surface area contributed by atoms with Crippen molar-refractivity contribution in [2.75, 3.05) is 19.5 Å². The standard InChI is InChI=1S/C17H18N6O4S/c1-12-10-14(6-9-16(12)23-11-18-20-21-23)19-17(24)13-4-7-15(8-5-13)28(25,26)22(2)27-3/h4-11H,1-3H3,(H,19,24). The molecule has 3 aromatic rings. The van der Waals surface area contributed by atoms with Crippen LogP contribution in [-0.2, 0) is 14.9 Å². The van der Waals surface area contributed by atoms with Crippen molar-refractivity contribution in [3.8, 4) is 5.69 Å². The van der Waals surface area contributed by atoms with E-state index in [1.54, 1.807) is 18.2 Å². The molecule has 0 saturated heterocycles. The Bertz CT molecular complexity index is 1080. The molecule has 0 spiro atoms. The van der Waals surface area contributed by atoms with Gasteiger partial charge in [-0.15, -0.1) is 5.10 Å². The number of hydroxylamine groups is 1. The molecule has 1 heterocycles. The molecular weight excluding hydrogens is 384 g/mol. The molecule has 28 heavy (non-hydrogen) atoms. The van der Waals surface area contributed by atoms with Gasteiger partial charge in [0, 0.05) is 18.3 Å². The van der Waals surface area contributed by atoms with Crippen LogP contribution in [0.4, 0.5) is 5.69 Å². The molecule has 1 aromatic heterocycles. The third-order valence-electron chi connectivity index (χ3n) is 4.06. The number of nitrogens with zero attached hydrogens (tertiary/aromatic N) is 5. The van der Waals surface area contributed by atoms with Crippen molar-refractivity contribution in [3.05, 3.63) is 59.9 Å². The molecule has 3 rings (SSSR count). The van der Waals surface area contributed by atoms with E-state index in [9.17, 15) is 13.2 Å². The fourth-order valence-electron chi connectivity index (χ4n) is 2.49. The maximum absolute atomic E-state index is 12.5. The molecule has 146 valence electrons. The van der Waals surface area contributed by atoms with Crippen LogP contribution < -0.4 is 5.32 Å². The Morgan fingerprint density at radius 3 is 2.46 bits per heavy atom. The summed E-state index contributed by atoms with van der Waals surface area (Å²) in [5.74, 6) is -0.362. The predicted octanol–water partition coefficient (Wildman–Crippen LogP) is 1.40. The van der Waals surface area contributed by atoms with Gasteiger partial charge in [-0.05, 0) is 65.4 Å². The lowest BCUT2D eigenvalue weighted by atomic mass is 10.1. The second kappa shape index (κ2) is 7.84. The first-order chi connectivity index (χ1) is 13.3. The molecule has 1 amide bonds. The molecule has 0 bridgehead atoms. The van der Waals surface area contributed by atoms with Crippen molar-refractivity contribution < 1.29 is 18.0 Å². The molecule has 1 N–H and O–H groups in total. The maximum Gasteiger partial charge on any atom is 0.264 e. The van der Waals surface area contributed by atoms with Gasteiger partial charge in [-0.1, -0.05) is 4.47 Å². The molecule has 0 saturated carbocycles. The summed E-state index contributed by atoms with van der Waals surface area (Å²) >= 11 is 0. The molecule has 0 aliphatic carbocycles. The van der Waals surface area contributed by atoms with Crippen molar-refractivity contribution in [2.24, 2.45) is 0 Å².